The van der Waals surface area contributed by atoms with Crippen molar-refractivity contribution in [2.24, 2.45) is 9.98 Å². The quantitative estimate of drug-likeness (QED) is 0.700. The van der Waals surface area contributed by atoms with Crippen molar-refractivity contribution in [3.63, 3.8) is 0 Å². The number of allylic oxidation sites excluding steroid dienone is 2. The standard InChI is InChI=1S/C22H24ClN5O2S/c1-4-28-13-15(11-26-28)20-27-19(14-6-5-7-17(24-10-14)22(2,3)29)21(30-20)31-18-9-8-16(23)12-25-18/h6-13,19,21,29H,4-5H2,1-3H3. The molecule has 2 atom stereocenters. The van der Waals surface area contributed by atoms with Crippen LogP contribution in [0.4, 0.5) is 0 Å². The van der Waals surface area contributed by atoms with Crippen LogP contribution in [0, 0.1) is 0 Å². The Labute approximate surface area is 190 Å². The lowest BCUT2D eigenvalue weighted by Crippen LogP contribution is -2.23. The van der Waals surface area contributed by atoms with Crippen molar-refractivity contribution in [3.05, 3.63) is 64.7 Å². The summed E-state index contributed by atoms with van der Waals surface area (Å²) in [6.07, 6.45) is 11.7. The monoisotopic (exact) mass is 457 g/mol. The van der Waals surface area contributed by atoms with Crippen LogP contribution in [0.3, 0.4) is 0 Å². The zero-order valence-corrected chi connectivity index (χ0v) is 19.1. The Morgan fingerprint density at radius 3 is 2.81 bits per heavy atom. The first kappa shape index (κ1) is 21.8. The number of hydrogen-bond donors (Lipinski definition) is 1. The average molecular weight is 458 g/mol. The number of nitrogens with zero attached hydrogens (tertiary/aromatic N) is 5. The summed E-state index contributed by atoms with van der Waals surface area (Å²) in [5.74, 6) is 0.547. The van der Waals surface area contributed by atoms with Crippen molar-refractivity contribution in [1.29, 1.82) is 0 Å². The Bertz CT molecular complexity index is 1070. The molecule has 1 N–H and O–H groups in total. The van der Waals surface area contributed by atoms with Crippen molar-refractivity contribution in [1.82, 2.24) is 14.8 Å². The minimum atomic E-state index is -1.00. The van der Waals surface area contributed by atoms with Gasteiger partial charge in [0.15, 0.2) is 5.44 Å². The summed E-state index contributed by atoms with van der Waals surface area (Å²) < 4.78 is 8.09. The highest BCUT2D eigenvalue weighted by Gasteiger charge is 2.36. The number of thioether (sulfide) groups is 1. The van der Waals surface area contributed by atoms with Crippen LogP contribution in [-0.2, 0) is 11.3 Å². The van der Waals surface area contributed by atoms with E-state index in [0.29, 0.717) is 23.0 Å². The van der Waals surface area contributed by atoms with Gasteiger partial charge < -0.3 is 9.84 Å². The molecule has 0 bridgehead atoms. The number of hydrogen-bond acceptors (Lipinski definition) is 7. The molecule has 2 aliphatic rings. The number of aliphatic hydroxyl groups is 1. The smallest absolute Gasteiger partial charge is 0.221 e. The molecule has 0 aromatic carbocycles. The number of aromatic nitrogens is 3. The van der Waals surface area contributed by atoms with Crippen LogP contribution < -0.4 is 0 Å². The molecule has 162 valence electrons. The SMILES string of the molecule is CCn1cc(C2=NC(C3=CCC=C(C(C)(C)O)N=C3)C(Sc3ccc(Cl)cn3)O2)cn1. The molecule has 4 rings (SSSR count). The van der Waals surface area contributed by atoms with E-state index in [1.165, 1.54) is 11.8 Å². The first-order chi connectivity index (χ1) is 14.8. The molecule has 2 aliphatic heterocycles. The molecule has 4 heterocycles. The Hall–Kier alpha value is -2.42. The van der Waals surface area contributed by atoms with E-state index in [9.17, 15) is 5.11 Å². The topological polar surface area (TPSA) is 84.9 Å². The third-order valence-electron chi connectivity index (χ3n) is 4.87. The summed E-state index contributed by atoms with van der Waals surface area (Å²) in [4.78, 5) is 13.8. The zero-order chi connectivity index (χ0) is 22.0. The molecule has 0 amide bonds. The highest BCUT2D eigenvalue weighted by Crippen LogP contribution is 2.35. The molecule has 2 unspecified atom stereocenters. The van der Waals surface area contributed by atoms with Gasteiger partial charge in [-0.1, -0.05) is 35.5 Å². The van der Waals surface area contributed by atoms with Gasteiger partial charge in [0.1, 0.15) is 11.6 Å². The van der Waals surface area contributed by atoms with Crippen LogP contribution in [-0.4, -0.2) is 49.1 Å². The van der Waals surface area contributed by atoms with Gasteiger partial charge in [-0.15, -0.1) is 0 Å². The molecule has 0 saturated carbocycles. The highest BCUT2D eigenvalue weighted by molar-refractivity contribution is 7.99. The molecule has 0 spiro atoms. The van der Waals surface area contributed by atoms with E-state index >= 15 is 0 Å². The van der Waals surface area contributed by atoms with E-state index in [4.69, 9.17) is 21.3 Å². The van der Waals surface area contributed by atoms with Gasteiger partial charge in [-0.2, -0.15) is 5.10 Å². The van der Waals surface area contributed by atoms with Gasteiger partial charge in [0.25, 0.3) is 0 Å². The Morgan fingerprint density at radius 2 is 2.13 bits per heavy atom. The Morgan fingerprint density at radius 1 is 1.29 bits per heavy atom. The highest BCUT2D eigenvalue weighted by atomic mass is 35.5. The van der Waals surface area contributed by atoms with Crippen molar-refractivity contribution in [2.75, 3.05) is 0 Å². The predicted octanol–water partition coefficient (Wildman–Crippen LogP) is 4.27. The van der Waals surface area contributed by atoms with Gasteiger partial charge in [0, 0.05) is 25.2 Å². The second kappa shape index (κ2) is 8.98. The van der Waals surface area contributed by atoms with Gasteiger partial charge in [-0.25, -0.2) is 9.98 Å². The lowest BCUT2D eigenvalue weighted by atomic mass is 10.0. The molecule has 0 aliphatic carbocycles. The van der Waals surface area contributed by atoms with Gasteiger partial charge in [0.2, 0.25) is 5.90 Å². The number of rotatable bonds is 6. The average Bonchev–Trinajstić information content (AvgIpc) is 3.29. The number of aryl methyl sites for hydroxylation is 1. The third-order valence-corrected chi connectivity index (χ3v) is 6.16. The second-order valence-electron chi connectivity index (χ2n) is 7.73. The van der Waals surface area contributed by atoms with E-state index in [2.05, 4.69) is 21.2 Å². The van der Waals surface area contributed by atoms with Crippen LogP contribution >= 0.6 is 23.4 Å². The van der Waals surface area contributed by atoms with Crippen LogP contribution in [0.15, 0.2) is 69.2 Å². The molecule has 9 heteroatoms. The largest absolute Gasteiger partial charge is 0.460 e. The maximum Gasteiger partial charge on any atom is 0.221 e. The van der Waals surface area contributed by atoms with E-state index in [1.807, 2.05) is 29.9 Å². The first-order valence-electron chi connectivity index (χ1n) is 10.1. The van der Waals surface area contributed by atoms with Crippen LogP contribution in [0.25, 0.3) is 0 Å². The first-order valence-corrected chi connectivity index (χ1v) is 11.3. The number of ether oxygens (including phenoxy) is 1. The molecule has 7 nitrogen and oxygen atoms in total. The lowest BCUT2D eigenvalue weighted by Gasteiger charge is -2.18. The fourth-order valence-corrected chi connectivity index (χ4v) is 4.31. The maximum absolute atomic E-state index is 10.3. The minimum Gasteiger partial charge on any atom is -0.460 e. The second-order valence-corrected chi connectivity index (χ2v) is 9.28. The summed E-state index contributed by atoms with van der Waals surface area (Å²) in [5.41, 5.74) is 1.07. The fourth-order valence-electron chi connectivity index (χ4n) is 3.21. The summed E-state index contributed by atoms with van der Waals surface area (Å²) in [7, 11) is 0. The molecular formula is C22H24ClN5O2S. The number of pyridine rings is 1. The van der Waals surface area contributed by atoms with Gasteiger partial charge in [-0.05, 0) is 44.9 Å². The normalized spacial score (nSPS) is 21.3. The van der Waals surface area contributed by atoms with Crippen molar-refractivity contribution < 1.29 is 9.84 Å². The predicted molar refractivity (Wildman–Crippen MR) is 124 cm³/mol. The van der Waals surface area contributed by atoms with E-state index < -0.39 is 5.60 Å². The third kappa shape index (κ3) is 5.08. The Balaban J connectivity index is 1.63. The van der Waals surface area contributed by atoms with Crippen molar-refractivity contribution in [3.8, 4) is 0 Å². The molecule has 2 aromatic heterocycles. The van der Waals surface area contributed by atoms with Gasteiger partial charge in [0.05, 0.1) is 27.5 Å². The van der Waals surface area contributed by atoms with Gasteiger partial charge in [-0.3, -0.25) is 9.67 Å². The summed E-state index contributed by atoms with van der Waals surface area (Å²) >= 11 is 7.46. The summed E-state index contributed by atoms with van der Waals surface area (Å²) in [6, 6.07) is 3.39. The molecule has 2 aromatic rings. The van der Waals surface area contributed by atoms with Crippen LogP contribution in [0.2, 0.25) is 5.02 Å². The maximum atomic E-state index is 10.3. The lowest BCUT2D eigenvalue weighted by molar-refractivity contribution is 0.118. The molecule has 31 heavy (non-hydrogen) atoms. The Kier molecular flexibility index (Phi) is 6.31. The van der Waals surface area contributed by atoms with Crippen LogP contribution in [0.1, 0.15) is 32.8 Å². The molecular weight excluding hydrogens is 434 g/mol. The fraction of sp³-hybridized carbons (Fsp3) is 0.364. The van der Waals surface area contributed by atoms with Crippen molar-refractivity contribution in [2.45, 2.75) is 55.8 Å². The van der Waals surface area contributed by atoms with Gasteiger partial charge >= 0.3 is 0 Å². The molecule has 0 fully saturated rings. The van der Waals surface area contributed by atoms with E-state index in [1.54, 1.807) is 38.5 Å². The summed E-state index contributed by atoms with van der Waals surface area (Å²) in [6.45, 7) is 6.26. The molecule has 0 radical (unpaired) electrons. The van der Waals surface area contributed by atoms with Crippen molar-refractivity contribution >= 4 is 35.5 Å². The van der Waals surface area contributed by atoms with E-state index in [0.717, 1.165) is 22.7 Å². The number of halogens is 1. The van der Waals surface area contributed by atoms with E-state index in [-0.39, 0.29) is 11.5 Å². The minimum absolute atomic E-state index is 0.277. The zero-order valence-electron chi connectivity index (χ0n) is 17.6. The van der Waals surface area contributed by atoms with Crippen LogP contribution in [0.5, 0.6) is 0 Å². The summed E-state index contributed by atoms with van der Waals surface area (Å²) in [5, 5.41) is 16.0. The number of aliphatic imine (C=N–C) groups is 2. The molecule has 0 saturated heterocycles.